The number of rotatable bonds is 8. The van der Waals surface area contributed by atoms with E-state index in [1.807, 2.05) is 56.3 Å². The van der Waals surface area contributed by atoms with Gasteiger partial charge in [0.15, 0.2) is 0 Å². The fraction of sp³-hybridized carbons (Fsp3) is 0.316. The van der Waals surface area contributed by atoms with E-state index in [0.29, 0.717) is 13.2 Å². The maximum Gasteiger partial charge on any atom is 0.233 e. The van der Waals surface area contributed by atoms with E-state index in [1.54, 1.807) is 11.8 Å². The van der Waals surface area contributed by atoms with Crippen LogP contribution >= 0.6 is 11.8 Å². The summed E-state index contributed by atoms with van der Waals surface area (Å²) in [4.78, 5) is 12.2. The second kappa shape index (κ2) is 9.26. The van der Waals surface area contributed by atoms with Crippen molar-refractivity contribution in [3.05, 3.63) is 65.7 Å². The Hall–Kier alpha value is -1.94. The number of hydrogen-bond acceptors (Lipinski definition) is 3. The molecular weight excluding hydrogens is 306 g/mol. The van der Waals surface area contributed by atoms with Gasteiger partial charge >= 0.3 is 0 Å². The Bertz CT molecular complexity index is 599. The maximum absolute atomic E-state index is 12.2. The summed E-state index contributed by atoms with van der Waals surface area (Å²) in [6, 6.07) is 18.0. The first-order valence-electron chi connectivity index (χ1n) is 7.84. The summed E-state index contributed by atoms with van der Waals surface area (Å²) in [6.07, 6.45) is 0. The van der Waals surface area contributed by atoms with E-state index in [0.717, 1.165) is 17.1 Å². The normalized spacial score (nSPS) is 11.7. The van der Waals surface area contributed by atoms with Gasteiger partial charge in [0.1, 0.15) is 5.75 Å². The topological polar surface area (TPSA) is 38.3 Å². The van der Waals surface area contributed by atoms with Crippen molar-refractivity contribution in [1.29, 1.82) is 0 Å². The first-order chi connectivity index (χ1) is 11.2. The minimum Gasteiger partial charge on any atom is -0.494 e. The maximum atomic E-state index is 12.2. The van der Waals surface area contributed by atoms with E-state index in [4.69, 9.17) is 4.74 Å². The van der Waals surface area contributed by atoms with E-state index < -0.39 is 0 Å². The van der Waals surface area contributed by atoms with Gasteiger partial charge < -0.3 is 10.1 Å². The highest BCUT2D eigenvalue weighted by Gasteiger charge is 2.12. The molecule has 2 aromatic rings. The van der Waals surface area contributed by atoms with E-state index >= 15 is 0 Å². The molecule has 122 valence electrons. The lowest BCUT2D eigenvalue weighted by Crippen LogP contribution is -2.30. The Balaban J connectivity index is 1.75. The van der Waals surface area contributed by atoms with Gasteiger partial charge in [0.2, 0.25) is 5.91 Å². The molecule has 23 heavy (non-hydrogen) atoms. The number of nitrogens with one attached hydrogen (secondary N) is 1. The molecule has 2 rings (SSSR count). The Kier molecular flexibility index (Phi) is 7.01. The molecule has 0 bridgehead atoms. The summed E-state index contributed by atoms with van der Waals surface area (Å²) < 4.78 is 5.41. The van der Waals surface area contributed by atoms with Crippen molar-refractivity contribution in [2.24, 2.45) is 0 Å². The standard InChI is InChI=1S/C19H23NO2S/c1-3-22-18-11-9-16(10-12-18)13-20-19(21)15(2)23-14-17-7-5-4-6-8-17/h4-12,15H,3,13-14H2,1-2H3,(H,20,21)/t15-/m0/s1. The number of ether oxygens (including phenoxy) is 1. The zero-order chi connectivity index (χ0) is 16.5. The van der Waals surface area contributed by atoms with Gasteiger partial charge in [-0.1, -0.05) is 42.5 Å². The van der Waals surface area contributed by atoms with Crippen LogP contribution in [0.15, 0.2) is 54.6 Å². The Labute approximate surface area is 142 Å². The molecule has 0 spiro atoms. The largest absolute Gasteiger partial charge is 0.494 e. The minimum absolute atomic E-state index is 0.0693. The van der Waals surface area contributed by atoms with Crippen molar-refractivity contribution in [3.63, 3.8) is 0 Å². The number of hydrogen-bond donors (Lipinski definition) is 1. The smallest absolute Gasteiger partial charge is 0.233 e. The van der Waals surface area contributed by atoms with Crippen LogP contribution in [0.2, 0.25) is 0 Å². The highest BCUT2D eigenvalue weighted by molar-refractivity contribution is 7.99. The van der Waals surface area contributed by atoms with Crippen LogP contribution in [0.4, 0.5) is 0 Å². The molecule has 4 heteroatoms. The van der Waals surface area contributed by atoms with Crippen LogP contribution in [0.5, 0.6) is 5.75 Å². The summed E-state index contributed by atoms with van der Waals surface area (Å²) in [5.74, 6) is 1.77. The van der Waals surface area contributed by atoms with E-state index in [2.05, 4.69) is 17.4 Å². The Morgan fingerprint density at radius 2 is 1.78 bits per heavy atom. The van der Waals surface area contributed by atoms with Crippen LogP contribution < -0.4 is 10.1 Å². The fourth-order valence-electron chi connectivity index (χ4n) is 2.07. The molecule has 0 saturated heterocycles. The van der Waals surface area contributed by atoms with Crippen LogP contribution in [0, 0.1) is 0 Å². The first kappa shape index (κ1) is 17.4. The van der Waals surface area contributed by atoms with Crippen molar-refractivity contribution in [2.45, 2.75) is 31.4 Å². The van der Waals surface area contributed by atoms with Gasteiger partial charge in [0.25, 0.3) is 0 Å². The molecule has 0 saturated carbocycles. The fourth-order valence-corrected chi connectivity index (χ4v) is 2.94. The third-order valence-electron chi connectivity index (χ3n) is 3.41. The van der Waals surface area contributed by atoms with Gasteiger partial charge in [-0.05, 0) is 37.1 Å². The molecule has 0 heterocycles. The monoisotopic (exact) mass is 329 g/mol. The molecule has 0 unspecified atom stereocenters. The van der Waals surface area contributed by atoms with Crippen LogP contribution in [-0.4, -0.2) is 17.8 Å². The molecular formula is C19H23NO2S. The predicted molar refractivity (Wildman–Crippen MR) is 96.7 cm³/mol. The highest BCUT2D eigenvalue weighted by atomic mass is 32.2. The predicted octanol–water partition coefficient (Wildman–Crippen LogP) is 4.02. The van der Waals surface area contributed by atoms with Crippen LogP contribution in [0.3, 0.4) is 0 Å². The lowest BCUT2D eigenvalue weighted by atomic mass is 10.2. The molecule has 0 radical (unpaired) electrons. The van der Waals surface area contributed by atoms with Gasteiger partial charge in [0.05, 0.1) is 11.9 Å². The first-order valence-corrected chi connectivity index (χ1v) is 8.89. The lowest BCUT2D eigenvalue weighted by Gasteiger charge is -2.12. The number of benzene rings is 2. The highest BCUT2D eigenvalue weighted by Crippen LogP contribution is 2.18. The quantitative estimate of drug-likeness (QED) is 0.795. The minimum atomic E-state index is -0.0714. The zero-order valence-corrected chi connectivity index (χ0v) is 14.4. The average Bonchev–Trinajstić information content (AvgIpc) is 2.60. The molecule has 0 fully saturated rings. The third kappa shape index (κ3) is 5.99. The van der Waals surface area contributed by atoms with Crippen molar-refractivity contribution in [2.75, 3.05) is 6.61 Å². The van der Waals surface area contributed by atoms with Crippen LogP contribution in [-0.2, 0) is 17.1 Å². The summed E-state index contributed by atoms with van der Waals surface area (Å²) >= 11 is 1.65. The SMILES string of the molecule is CCOc1ccc(CNC(=O)[C@H](C)SCc2ccccc2)cc1. The summed E-state index contributed by atoms with van der Waals surface area (Å²) in [6.45, 7) is 5.11. The van der Waals surface area contributed by atoms with Crippen molar-refractivity contribution in [3.8, 4) is 5.75 Å². The number of carbonyl (C=O) groups excluding carboxylic acids is 1. The third-order valence-corrected chi connectivity index (χ3v) is 4.63. The second-order valence-electron chi connectivity index (χ2n) is 5.23. The van der Waals surface area contributed by atoms with Gasteiger partial charge in [0, 0.05) is 12.3 Å². The van der Waals surface area contributed by atoms with Gasteiger partial charge in [-0.25, -0.2) is 0 Å². The van der Waals surface area contributed by atoms with E-state index in [1.165, 1.54) is 5.56 Å². The Morgan fingerprint density at radius 1 is 1.09 bits per heavy atom. The number of thioether (sulfide) groups is 1. The summed E-state index contributed by atoms with van der Waals surface area (Å²) in [7, 11) is 0. The van der Waals surface area contributed by atoms with E-state index in [-0.39, 0.29) is 11.2 Å². The van der Waals surface area contributed by atoms with Gasteiger partial charge in [-0.2, -0.15) is 0 Å². The molecule has 0 aliphatic rings. The van der Waals surface area contributed by atoms with Gasteiger partial charge in [-0.3, -0.25) is 4.79 Å². The second-order valence-corrected chi connectivity index (χ2v) is 6.56. The van der Waals surface area contributed by atoms with Crippen molar-refractivity contribution >= 4 is 17.7 Å². The van der Waals surface area contributed by atoms with E-state index in [9.17, 15) is 4.79 Å². The molecule has 0 aliphatic heterocycles. The zero-order valence-electron chi connectivity index (χ0n) is 13.6. The summed E-state index contributed by atoms with van der Waals surface area (Å²) in [5, 5.41) is 2.91. The van der Waals surface area contributed by atoms with Crippen LogP contribution in [0.25, 0.3) is 0 Å². The van der Waals surface area contributed by atoms with Crippen molar-refractivity contribution < 1.29 is 9.53 Å². The molecule has 1 N–H and O–H groups in total. The molecule has 1 atom stereocenters. The van der Waals surface area contributed by atoms with Gasteiger partial charge in [-0.15, -0.1) is 11.8 Å². The molecule has 1 amide bonds. The number of amides is 1. The lowest BCUT2D eigenvalue weighted by molar-refractivity contribution is -0.120. The molecule has 2 aromatic carbocycles. The Morgan fingerprint density at radius 3 is 2.43 bits per heavy atom. The van der Waals surface area contributed by atoms with Crippen molar-refractivity contribution in [1.82, 2.24) is 5.32 Å². The average molecular weight is 329 g/mol. The molecule has 0 aliphatic carbocycles. The number of carbonyl (C=O) groups is 1. The molecule has 3 nitrogen and oxygen atoms in total. The molecule has 0 aromatic heterocycles. The summed E-state index contributed by atoms with van der Waals surface area (Å²) in [5.41, 5.74) is 2.31. The van der Waals surface area contributed by atoms with Crippen LogP contribution in [0.1, 0.15) is 25.0 Å².